The Bertz CT molecular complexity index is 831. The number of nitrogens with zero attached hydrogens (tertiary/aromatic N) is 3. The standard InChI is InChI=1S/C15H18ClN3O4S/c1-19(2)24(20,21)13-8-11(16)6-7-12(13)22-9-14-17-15(18-23-14)10-4-3-5-10/h6-8,10H,3-5,9H2,1-2H3. The molecule has 7 nitrogen and oxygen atoms in total. The predicted octanol–water partition coefficient (Wildman–Crippen LogP) is 2.82. The molecule has 1 aromatic carbocycles. The van der Waals surface area contributed by atoms with E-state index in [1.165, 1.54) is 32.6 Å². The van der Waals surface area contributed by atoms with Gasteiger partial charge in [-0.2, -0.15) is 4.98 Å². The number of halogens is 1. The van der Waals surface area contributed by atoms with Crippen LogP contribution in [-0.4, -0.2) is 37.0 Å². The first-order valence-corrected chi connectivity index (χ1v) is 9.37. The molecular formula is C15H18ClN3O4S. The lowest BCUT2D eigenvalue weighted by Crippen LogP contribution is -2.23. The molecule has 0 spiro atoms. The molecule has 0 bridgehead atoms. The van der Waals surface area contributed by atoms with Gasteiger partial charge in [-0.3, -0.25) is 0 Å². The van der Waals surface area contributed by atoms with Gasteiger partial charge in [0.1, 0.15) is 10.6 Å². The van der Waals surface area contributed by atoms with Crippen molar-refractivity contribution in [3.63, 3.8) is 0 Å². The van der Waals surface area contributed by atoms with Crippen LogP contribution < -0.4 is 4.74 Å². The second kappa shape index (κ2) is 6.70. The highest BCUT2D eigenvalue weighted by atomic mass is 35.5. The van der Waals surface area contributed by atoms with Crippen molar-refractivity contribution in [3.8, 4) is 5.75 Å². The van der Waals surface area contributed by atoms with E-state index in [0.29, 0.717) is 22.7 Å². The minimum atomic E-state index is -3.68. The largest absolute Gasteiger partial charge is 0.482 e. The second-order valence-corrected chi connectivity index (χ2v) is 8.40. The lowest BCUT2D eigenvalue weighted by Gasteiger charge is -2.20. The van der Waals surface area contributed by atoms with Crippen LogP contribution in [0.4, 0.5) is 0 Å². The van der Waals surface area contributed by atoms with Gasteiger partial charge in [0.05, 0.1) is 0 Å². The van der Waals surface area contributed by atoms with Gasteiger partial charge in [0.2, 0.25) is 10.0 Å². The Morgan fingerprint density at radius 1 is 1.38 bits per heavy atom. The van der Waals surface area contributed by atoms with Gasteiger partial charge in [-0.1, -0.05) is 23.2 Å². The molecule has 1 fully saturated rings. The third kappa shape index (κ3) is 3.40. The van der Waals surface area contributed by atoms with Crippen LogP contribution >= 0.6 is 11.6 Å². The molecule has 0 atom stereocenters. The summed E-state index contributed by atoms with van der Waals surface area (Å²) in [6.45, 7) is -0.00268. The highest BCUT2D eigenvalue weighted by Gasteiger charge is 2.26. The molecule has 0 aliphatic heterocycles. The first kappa shape index (κ1) is 17.2. The topological polar surface area (TPSA) is 85.5 Å². The number of ether oxygens (including phenoxy) is 1. The van der Waals surface area contributed by atoms with Crippen molar-refractivity contribution >= 4 is 21.6 Å². The van der Waals surface area contributed by atoms with E-state index in [-0.39, 0.29) is 17.3 Å². The number of sulfonamides is 1. The number of hydrogen-bond donors (Lipinski definition) is 0. The molecular weight excluding hydrogens is 354 g/mol. The van der Waals surface area contributed by atoms with Crippen LogP contribution in [-0.2, 0) is 16.6 Å². The molecule has 1 saturated carbocycles. The predicted molar refractivity (Wildman–Crippen MR) is 87.5 cm³/mol. The summed E-state index contributed by atoms with van der Waals surface area (Å²) in [5, 5.41) is 4.26. The molecule has 24 heavy (non-hydrogen) atoms. The summed E-state index contributed by atoms with van der Waals surface area (Å²) >= 11 is 5.93. The Morgan fingerprint density at radius 2 is 2.12 bits per heavy atom. The molecule has 0 saturated heterocycles. The van der Waals surface area contributed by atoms with Crippen LogP contribution in [0, 0.1) is 0 Å². The minimum absolute atomic E-state index is 0.00117. The average Bonchev–Trinajstić information content (AvgIpc) is 2.92. The SMILES string of the molecule is CN(C)S(=O)(=O)c1cc(Cl)ccc1OCc1nc(C2CCC2)no1. The molecule has 130 valence electrons. The second-order valence-electron chi connectivity index (χ2n) is 5.84. The first-order chi connectivity index (χ1) is 11.4. The van der Waals surface area contributed by atoms with Gasteiger partial charge in [-0.05, 0) is 31.0 Å². The van der Waals surface area contributed by atoms with Crippen molar-refractivity contribution in [1.82, 2.24) is 14.4 Å². The van der Waals surface area contributed by atoms with Crippen LogP contribution in [0.2, 0.25) is 5.02 Å². The molecule has 3 rings (SSSR count). The van der Waals surface area contributed by atoms with Gasteiger partial charge in [-0.25, -0.2) is 12.7 Å². The number of rotatable bonds is 6. The molecule has 2 aromatic rings. The Hall–Kier alpha value is -1.64. The molecule has 0 radical (unpaired) electrons. The van der Waals surface area contributed by atoms with Crippen molar-refractivity contribution in [3.05, 3.63) is 34.9 Å². The van der Waals surface area contributed by atoms with Crippen molar-refractivity contribution in [2.45, 2.75) is 36.7 Å². The normalized spacial score (nSPS) is 15.5. The number of benzene rings is 1. The van der Waals surface area contributed by atoms with Crippen LogP contribution in [0.5, 0.6) is 5.75 Å². The highest BCUT2D eigenvalue weighted by molar-refractivity contribution is 7.89. The maximum atomic E-state index is 12.4. The third-order valence-corrected chi connectivity index (χ3v) is 6.04. The minimum Gasteiger partial charge on any atom is -0.482 e. The molecule has 1 aliphatic rings. The van der Waals surface area contributed by atoms with Crippen LogP contribution in [0.25, 0.3) is 0 Å². The molecule has 9 heteroatoms. The Kier molecular flexibility index (Phi) is 4.80. The van der Waals surface area contributed by atoms with E-state index in [9.17, 15) is 8.42 Å². The van der Waals surface area contributed by atoms with E-state index in [4.69, 9.17) is 20.9 Å². The smallest absolute Gasteiger partial charge is 0.264 e. The van der Waals surface area contributed by atoms with Gasteiger partial charge in [0.15, 0.2) is 12.4 Å². The van der Waals surface area contributed by atoms with Gasteiger partial charge >= 0.3 is 0 Å². The lowest BCUT2D eigenvalue weighted by atomic mass is 9.85. The summed E-state index contributed by atoms with van der Waals surface area (Å²) in [5.74, 6) is 1.57. The highest BCUT2D eigenvalue weighted by Crippen LogP contribution is 2.34. The molecule has 0 amide bonds. The van der Waals surface area contributed by atoms with Crippen molar-refractivity contribution in [2.24, 2.45) is 0 Å². The Morgan fingerprint density at radius 3 is 2.75 bits per heavy atom. The van der Waals surface area contributed by atoms with Crippen LogP contribution in [0.3, 0.4) is 0 Å². The monoisotopic (exact) mass is 371 g/mol. The van der Waals surface area contributed by atoms with E-state index in [0.717, 1.165) is 17.1 Å². The molecule has 0 N–H and O–H groups in total. The first-order valence-electron chi connectivity index (χ1n) is 7.55. The Balaban J connectivity index is 1.78. The molecule has 1 heterocycles. The van der Waals surface area contributed by atoms with Crippen LogP contribution in [0.1, 0.15) is 36.9 Å². The molecule has 1 aromatic heterocycles. The summed E-state index contributed by atoms with van der Waals surface area (Å²) in [6.07, 6.45) is 3.33. The maximum absolute atomic E-state index is 12.4. The van der Waals surface area contributed by atoms with Gasteiger partial charge in [-0.15, -0.1) is 0 Å². The van der Waals surface area contributed by atoms with Gasteiger partial charge < -0.3 is 9.26 Å². The third-order valence-electron chi connectivity index (χ3n) is 3.97. The molecule has 1 aliphatic carbocycles. The summed E-state index contributed by atoms with van der Waals surface area (Å²) in [4.78, 5) is 4.30. The van der Waals surface area contributed by atoms with Gasteiger partial charge in [0, 0.05) is 25.0 Å². The quantitative estimate of drug-likeness (QED) is 0.776. The van der Waals surface area contributed by atoms with Gasteiger partial charge in [0.25, 0.3) is 5.89 Å². The van der Waals surface area contributed by atoms with E-state index in [1.807, 2.05) is 0 Å². The van der Waals surface area contributed by atoms with E-state index in [2.05, 4.69) is 10.1 Å². The fraction of sp³-hybridized carbons (Fsp3) is 0.467. The van der Waals surface area contributed by atoms with E-state index >= 15 is 0 Å². The zero-order valence-electron chi connectivity index (χ0n) is 13.4. The Labute approximate surface area is 145 Å². The molecule has 0 unspecified atom stereocenters. The summed E-state index contributed by atoms with van der Waals surface area (Å²) in [7, 11) is -0.786. The van der Waals surface area contributed by atoms with Crippen LogP contribution in [0.15, 0.2) is 27.6 Å². The number of hydrogen-bond acceptors (Lipinski definition) is 6. The van der Waals surface area contributed by atoms with E-state index in [1.54, 1.807) is 6.07 Å². The maximum Gasteiger partial charge on any atom is 0.264 e. The summed E-state index contributed by atoms with van der Waals surface area (Å²) in [5.41, 5.74) is 0. The fourth-order valence-corrected chi connectivity index (χ4v) is 3.59. The van der Waals surface area contributed by atoms with Crippen molar-refractivity contribution in [2.75, 3.05) is 14.1 Å². The fourth-order valence-electron chi connectivity index (χ4n) is 2.30. The zero-order chi connectivity index (χ0) is 17.3. The average molecular weight is 372 g/mol. The lowest BCUT2D eigenvalue weighted by molar-refractivity contribution is 0.236. The summed E-state index contributed by atoms with van der Waals surface area (Å²) in [6, 6.07) is 4.45. The van der Waals surface area contributed by atoms with E-state index < -0.39 is 10.0 Å². The zero-order valence-corrected chi connectivity index (χ0v) is 15.0. The summed E-state index contributed by atoms with van der Waals surface area (Å²) < 4.78 is 36.7. The number of aromatic nitrogens is 2. The van der Waals surface area contributed by atoms with Crippen molar-refractivity contribution < 1.29 is 17.7 Å². The van der Waals surface area contributed by atoms with Crippen molar-refractivity contribution in [1.29, 1.82) is 0 Å².